The number of aryl methyl sites for hydroxylation is 1. The number of nitrogens with zero attached hydrogens (tertiary/aromatic N) is 4. The second kappa shape index (κ2) is 8.96. The number of carbonyl (C=O) groups is 1. The minimum absolute atomic E-state index is 0.247. The quantitative estimate of drug-likeness (QED) is 0.811. The molecule has 0 spiro atoms. The molecule has 1 atom stereocenters. The molecular weight excluding hydrogens is 344 g/mol. The molecule has 1 fully saturated rings. The summed E-state index contributed by atoms with van der Waals surface area (Å²) in [6.07, 6.45) is 3.37. The first-order valence-electron chi connectivity index (χ1n) is 9.38. The molecule has 2 aromatic rings. The van der Waals surface area contributed by atoms with Gasteiger partial charge < -0.3 is 10.1 Å². The minimum atomic E-state index is -0.247. The first kappa shape index (κ1) is 19.3. The average Bonchev–Trinajstić information content (AvgIpc) is 3.10. The highest BCUT2D eigenvalue weighted by Crippen LogP contribution is 2.14. The van der Waals surface area contributed by atoms with Crippen LogP contribution in [-0.2, 0) is 4.74 Å². The fourth-order valence-corrected chi connectivity index (χ4v) is 3.27. The maximum Gasteiger partial charge on any atom is 0.320 e. The number of carbonyl (C=O) groups excluding carboxylic acids is 1. The lowest BCUT2D eigenvalue weighted by molar-refractivity contribution is 0.00728. The summed E-state index contributed by atoms with van der Waals surface area (Å²) in [4.78, 5) is 19.1. The van der Waals surface area contributed by atoms with Gasteiger partial charge in [0.05, 0.1) is 19.4 Å². The summed E-state index contributed by atoms with van der Waals surface area (Å²) in [6, 6.07) is 5.63. The molecule has 146 valence electrons. The lowest BCUT2D eigenvalue weighted by Crippen LogP contribution is -2.51. The van der Waals surface area contributed by atoms with Crippen LogP contribution >= 0.6 is 0 Å². The van der Waals surface area contributed by atoms with Gasteiger partial charge in [-0.1, -0.05) is 13.8 Å². The summed E-state index contributed by atoms with van der Waals surface area (Å²) < 4.78 is 7.05. The van der Waals surface area contributed by atoms with Crippen molar-refractivity contribution < 1.29 is 9.53 Å². The molecule has 1 aliphatic heterocycles. The SMILES string of the molecule is Cc1ccnc(-n2nccc2NC(=O)NCC(C(C)C)N2CCOCC2)c1. The Morgan fingerprint density at radius 2 is 2.04 bits per heavy atom. The summed E-state index contributed by atoms with van der Waals surface area (Å²) in [5, 5.41) is 10.1. The maximum absolute atomic E-state index is 12.4. The van der Waals surface area contributed by atoms with Gasteiger partial charge in [0.15, 0.2) is 5.82 Å². The van der Waals surface area contributed by atoms with Gasteiger partial charge in [-0.25, -0.2) is 9.78 Å². The van der Waals surface area contributed by atoms with Crippen LogP contribution in [0.25, 0.3) is 5.82 Å². The number of pyridine rings is 1. The van der Waals surface area contributed by atoms with Crippen molar-refractivity contribution in [3.8, 4) is 5.82 Å². The van der Waals surface area contributed by atoms with Crippen molar-refractivity contribution in [2.75, 3.05) is 38.2 Å². The number of morpholine rings is 1. The Morgan fingerprint density at radius 3 is 2.74 bits per heavy atom. The molecule has 0 aromatic carbocycles. The van der Waals surface area contributed by atoms with E-state index in [9.17, 15) is 4.79 Å². The molecule has 2 aromatic heterocycles. The number of nitrogens with one attached hydrogen (secondary N) is 2. The van der Waals surface area contributed by atoms with E-state index >= 15 is 0 Å². The van der Waals surface area contributed by atoms with E-state index in [-0.39, 0.29) is 12.1 Å². The Kier molecular flexibility index (Phi) is 6.41. The molecule has 3 heterocycles. The first-order valence-corrected chi connectivity index (χ1v) is 9.38. The molecule has 1 aliphatic rings. The predicted octanol–water partition coefficient (Wildman–Crippen LogP) is 2.05. The van der Waals surface area contributed by atoms with Gasteiger partial charge >= 0.3 is 6.03 Å². The Balaban J connectivity index is 1.60. The van der Waals surface area contributed by atoms with Gasteiger partial charge in [0.25, 0.3) is 0 Å². The van der Waals surface area contributed by atoms with E-state index in [4.69, 9.17) is 4.74 Å². The van der Waals surface area contributed by atoms with Crippen molar-refractivity contribution in [3.05, 3.63) is 36.2 Å². The molecule has 0 saturated carbocycles. The number of hydrogen-bond acceptors (Lipinski definition) is 5. The molecule has 1 saturated heterocycles. The maximum atomic E-state index is 12.4. The van der Waals surface area contributed by atoms with Gasteiger partial charge in [-0.2, -0.15) is 9.78 Å². The van der Waals surface area contributed by atoms with Crippen LogP contribution in [0.15, 0.2) is 30.6 Å². The third-order valence-electron chi connectivity index (χ3n) is 4.76. The van der Waals surface area contributed by atoms with E-state index < -0.39 is 0 Å². The number of rotatable bonds is 6. The second-order valence-electron chi connectivity index (χ2n) is 7.11. The highest BCUT2D eigenvalue weighted by Gasteiger charge is 2.24. The molecule has 0 radical (unpaired) electrons. The summed E-state index contributed by atoms with van der Waals surface area (Å²) in [5.41, 5.74) is 1.08. The van der Waals surface area contributed by atoms with Gasteiger partial charge in [-0.05, 0) is 30.5 Å². The van der Waals surface area contributed by atoms with Crippen molar-refractivity contribution in [2.45, 2.75) is 26.8 Å². The number of anilines is 1. The Morgan fingerprint density at radius 1 is 1.26 bits per heavy atom. The average molecular weight is 372 g/mol. The third kappa shape index (κ3) is 5.05. The summed E-state index contributed by atoms with van der Waals surface area (Å²) in [6.45, 7) is 10.2. The van der Waals surface area contributed by atoms with E-state index in [0.29, 0.717) is 24.1 Å². The van der Waals surface area contributed by atoms with Crippen LogP contribution in [0.2, 0.25) is 0 Å². The van der Waals surface area contributed by atoms with Crippen LogP contribution in [0, 0.1) is 12.8 Å². The van der Waals surface area contributed by atoms with Crippen LogP contribution in [0.3, 0.4) is 0 Å². The lowest BCUT2D eigenvalue weighted by Gasteiger charge is -2.36. The van der Waals surface area contributed by atoms with E-state index in [2.05, 4.69) is 39.5 Å². The van der Waals surface area contributed by atoms with Crippen molar-refractivity contribution in [1.82, 2.24) is 25.0 Å². The van der Waals surface area contributed by atoms with Gasteiger partial charge in [0, 0.05) is 37.9 Å². The molecule has 8 heteroatoms. The normalized spacial score (nSPS) is 16.3. The molecule has 2 N–H and O–H groups in total. The van der Waals surface area contributed by atoms with E-state index in [1.165, 1.54) is 0 Å². The van der Waals surface area contributed by atoms with Gasteiger partial charge in [-0.15, -0.1) is 0 Å². The molecule has 0 aliphatic carbocycles. The fraction of sp³-hybridized carbons (Fsp3) is 0.526. The summed E-state index contributed by atoms with van der Waals surface area (Å²) in [7, 11) is 0. The third-order valence-corrected chi connectivity index (χ3v) is 4.76. The van der Waals surface area contributed by atoms with E-state index in [1.807, 2.05) is 19.1 Å². The Hall–Kier alpha value is -2.45. The number of aromatic nitrogens is 3. The van der Waals surface area contributed by atoms with Crippen LogP contribution in [0.1, 0.15) is 19.4 Å². The summed E-state index contributed by atoms with van der Waals surface area (Å²) >= 11 is 0. The first-order chi connectivity index (χ1) is 13.0. The standard InChI is InChI=1S/C19H28N6O2/c1-14(2)16(24-8-10-27-11-9-24)13-21-19(26)23-17-5-7-22-25(17)18-12-15(3)4-6-20-18/h4-7,12,14,16H,8-11,13H2,1-3H3,(H2,21,23,26). The van der Waals surface area contributed by atoms with Crippen molar-refractivity contribution in [2.24, 2.45) is 5.92 Å². The number of amides is 2. The monoisotopic (exact) mass is 372 g/mol. The second-order valence-corrected chi connectivity index (χ2v) is 7.11. The van der Waals surface area contributed by atoms with E-state index in [1.54, 1.807) is 23.1 Å². The van der Waals surface area contributed by atoms with Crippen LogP contribution in [0.4, 0.5) is 10.6 Å². The molecule has 0 bridgehead atoms. The Bertz CT molecular complexity index is 754. The molecule has 2 amide bonds. The van der Waals surface area contributed by atoms with Gasteiger partial charge in [0.2, 0.25) is 0 Å². The molecule has 1 unspecified atom stereocenters. The molecule has 27 heavy (non-hydrogen) atoms. The number of hydrogen-bond donors (Lipinski definition) is 2. The zero-order chi connectivity index (χ0) is 19.2. The van der Waals surface area contributed by atoms with Crippen LogP contribution < -0.4 is 10.6 Å². The fourth-order valence-electron chi connectivity index (χ4n) is 3.27. The predicted molar refractivity (Wildman–Crippen MR) is 104 cm³/mol. The summed E-state index contributed by atoms with van der Waals surface area (Å²) in [5.74, 6) is 1.69. The largest absolute Gasteiger partial charge is 0.379 e. The number of urea groups is 1. The van der Waals surface area contributed by atoms with Crippen molar-refractivity contribution in [3.63, 3.8) is 0 Å². The van der Waals surface area contributed by atoms with Gasteiger partial charge in [-0.3, -0.25) is 10.2 Å². The molecular formula is C19H28N6O2. The zero-order valence-electron chi connectivity index (χ0n) is 16.2. The zero-order valence-corrected chi connectivity index (χ0v) is 16.2. The Labute approximate surface area is 159 Å². The van der Waals surface area contributed by atoms with Crippen LogP contribution in [-0.4, -0.2) is 64.6 Å². The minimum Gasteiger partial charge on any atom is -0.379 e. The highest BCUT2D eigenvalue weighted by molar-refractivity contribution is 5.88. The van der Waals surface area contributed by atoms with Crippen molar-refractivity contribution >= 4 is 11.8 Å². The molecule has 3 rings (SSSR count). The molecule has 8 nitrogen and oxygen atoms in total. The smallest absolute Gasteiger partial charge is 0.320 e. The van der Waals surface area contributed by atoms with Crippen LogP contribution in [0.5, 0.6) is 0 Å². The highest BCUT2D eigenvalue weighted by atomic mass is 16.5. The lowest BCUT2D eigenvalue weighted by atomic mass is 10.0. The van der Waals surface area contributed by atoms with Crippen molar-refractivity contribution in [1.29, 1.82) is 0 Å². The number of ether oxygens (including phenoxy) is 1. The topological polar surface area (TPSA) is 84.3 Å². The van der Waals surface area contributed by atoms with E-state index in [0.717, 1.165) is 31.9 Å². The van der Waals surface area contributed by atoms with Gasteiger partial charge in [0.1, 0.15) is 5.82 Å².